The quantitative estimate of drug-likeness (QED) is 0.590. The topological polar surface area (TPSA) is 21.7 Å². The number of nitrogens with zero attached hydrogens (tertiary/aromatic N) is 1. The Kier molecular flexibility index (Phi) is 4.67. The summed E-state index contributed by atoms with van der Waals surface area (Å²) >= 11 is 0. The van der Waals surface area contributed by atoms with Gasteiger partial charge in [0, 0.05) is 39.3 Å². The lowest BCUT2D eigenvalue weighted by molar-refractivity contribution is -0.192. The summed E-state index contributed by atoms with van der Waals surface area (Å²) in [6.07, 6.45) is 7.05. The van der Waals surface area contributed by atoms with E-state index in [4.69, 9.17) is 9.47 Å². The predicted molar refractivity (Wildman–Crippen MR) is 88.5 cm³/mol. The monoisotopic (exact) mass is 301 g/mol. The van der Waals surface area contributed by atoms with Crippen molar-refractivity contribution in [2.24, 2.45) is 0 Å². The Morgan fingerprint density at radius 2 is 1.86 bits per heavy atom. The first-order chi connectivity index (χ1) is 10.6. The first kappa shape index (κ1) is 15.7. The van der Waals surface area contributed by atoms with Crippen LogP contribution in [-0.4, -0.2) is 37.0 Å². The SMILES string of the molecule is COC(C)(CC1=CC2CCC(C1)N2Cc1ccccc1)OC. The van der Waals surface area contributed by atoms with E-state index >= 15 is 0 Å². The van der Waals surface area contributed by atoms with Gasteiger partial charge in [0.25, 0.3) is 0 Å². The van der Waals surface area contributed by atoms with Crippen LogP contribution in [0.1, 0.15) is 38.2 Å². The van der Waals surface area contributed by atoms with Crippen LogP contribution < -0.4 is 0 Å². The lowest BCUT2D eigenvalue weighted by Gasteiger charge is -2.36. The fourth-order valence-corrected chi connectivity index (χ4v) is 3.82. The molecule has 0 saturated carbocycles. The van der Waals surface area contributed by atoms with Crippen LogP contribution in [0.5, 0.6) is 0 Å². The molecule has 1 aromatic carbocycles. The van der Waals surface area contributed by atoms with Crippen molar-refractivity contribution < 1.29 is 9.47 Å². The Hall–Kier alpha value is -1.16. The fourth-order valence-electron chi connectivity index (χ4n) is 3.82. The third-order valence-corrected chi connectivity index (χ3v) is 5.24. The van der Waals surface area contributed by atoms with Gasteiger partial charge in [-0.3, -0.25) is 4.90 Å². The first-order valence-corrected chi connectivity index (χ1v) is 8.23. The number of hydrogen-bond donors (Lipinski definition) is 0. The molecular formula is C19H27NO2. The second-order valence-electron chi connectivity index (χ2n) is 6.70. The van der Waals surface area contributed by atoms with E-state index in [2.05, 4.69) is 41.3 Å². The van der Waals surface area contributed by atoms with E-state index in [1.54, 1.807) is 14.2 Å². The van der Waals surface area contributed by atoms with Gasteiger partial charge >= 0.3 is 0 Å². The molecular weight excluding hydrogens is 274 g/mol. The molecule has 2 unspecified atom stereocenters. The molecule has 0 aliphatic carbocycles. The highest BCUT2D eigenvalue weighted by molar-refractivity contribution is 5.21. The van der Waals surface area contributed by atoms with Crippen LogP contribution in [0.4, 0.5) is 0 Å². The minimum absolute atomic E-state index is 0.493. The van der Waals surface area contributed by atoms with E-state index in [1.807, 2.05) is 6.92 Å². The molecule has 2 aliphatic heterocycles. The Labute approximate surface area is 133 Å². The molecule has 120 valence electrons. The highest BCUT2D eigenvalue weighted by Gasteiger charge is 2.38. The van der Waals surface area contributed by atoms with E-state index in [1.165, 1.54) is 24.0 Å². The Balaban J connectivity index is 1.69. The van der Waals surface area contributed by atoms with Gasteiger partial charge in [-0.1, -0.05) is 42.0 Å². The lowest BCUT2D eigenvalue weighted by Crippen LogP contribution is -2.39. The summed E-state index contributed by atoms with van der Waals surface area (Å²) in [5.74, 6) is -0.493. The van der Waals surface area contributed by atoms with Crippen LogP contribution in [-0.2, 0) is 16.0 Å². The molecule has 0 spiro atoms. The Bertz CT molecular complexity index is 521. The zero-order valence-electron chi connectivity index (χ0n) is 13.9. The molecule has 1 fully saturated rings. The molecule has 2 heterocycles. The van der Waals surface area contributed by atoms with Crippen LogP contribution in [0.25, 0.3) is 0 Å². The second kappa shape index (κ2) is 6.53. The van der Waals surface area contributed by atoms with Gasteiger partial charge in [-0.25, -0.2) is 0 Å². The number of ether oxygens (including phenoxy) is 2. The number of fused-ring (bicyclic) bond motifs is 2. The van der Waals surface area contributed by atoms with Crippen LogP contribution in [0.3, 0.4) is 0 Å². The van der Waals surface area contributed by atoms with Crippen LogP contribution in [0, 0.1) is 0 Å². The highest BCUT2D eigenvalue weighted by atomic mass is 16.7. The molecule has 2 bridgehead atoms. The van der Waals surface area contributed by atoms with Gasteiger partial charge in [0.05, 0.1) is 0 Å². The van der Waals surface area contributed by atoms with E-state index in [-0.39, 0.29) is 0 Å². The first-order valence-electron chi connectivity index (χ1n) is 8.23. The maximum Gasteiger partial charge on any atom is 0.168 e. The fraction of sp³-hybridized carbons (Fsp3) is 0.579. The standard InChI is InChI=1S/C19H27NO2/c1-19(21-2,22-3)13-16-11-17-9-10-18(12-16)20(17)14-15-7-5-4-6-8-15/h4-8,11,17-18H,9-10,12-14H2,1-3H3. The molecule has 0 radical (unpaired) electrons. The summed E-state index contributed by atoms with van der Waals surface area (Å²) in [7, 11) is 3.45. The largest absolute Gasteiger partial charge is 0.353 e. The highest BCUT2D eigenvalue weighted by Crippen LogP contribution is 2.38. The number of benzene rings is 1. The third kappa shape index (κ3) is 3.27. The van der Waals surface area contributed by atoms with Crippen molar-refractivity contribution in [2.75, 3.05) is 14.2 Å². The number of methoxy groups -OCH3 is 2. The average molecular weight is 301 g/mol. The lowest BCUT2D eigenvalue weighted by atomic mass is 9.94. The molecule has 1 saturated heterocycles. The van der Waals surface area contributed by atoms with E-state index in [0.29, 0.717) is 12.1 Å². The summed E-state index contributed by atoms with van der Waals surface area (Å²) in [5.41, 5.74) is 2.90. The summed E-state index contributed by atoms with van der Waals surface area (Å²) < 4.78 is 11.1. The third-order valence-electron chi connectivity index (χ3n) is 5.24. The van der Waals surface area contributed by atoms with Crippen molar-refractivity contribution in [1.82, 2.24) is 4.90 Å². The van der Waals surface area contributed by atoms with Crippen molar-refractivity contribution in [1.29, 1.82) is 0 Å². The Morgan fingerprint density at radius 3 is 2.50 bits per heavy atom. The van der Waals surface area contributed by atoms with Gasteiger partial charge in [-0.15, -0.1) is 0 Å². The molecule has 3 nitrogen and oxygen atoms in total. The van der Waals surface area contributed by atoms with Crippen molar-refractivity contribution in [3.8, 4) is 0 Å². The van der Waals surface area contributed by atoms with Crippen molar-refractivity contribution >= 4 is 0 Å². The van der Waals surface area contributed by atoms with Gasteiger partial charge in [0.2, 0.25) is 0 Å². The minimum atomic E-state index is -0.493. The van der Waals surface area contributed by atoms with Crippen LogP contribution in [0.2, 0.25) is 0 Å². The summed E-state index contributed by atoms with van der Waals surface area (Å²) in [5, 5.41) is 0. The zero-order chi connectivity index (χ0) is 15.6. The smallest absolute Gasteiger partial charge is 0.168 e. The van der Waals surface area contributed by atoms with Crippen LogP contribution >= 0.6 is 0 Å². The van der Waals surface area contributed by atoms with E-state index in [0.717, 1.165) is 19.4 Å². The van der Waals surface area contributed by atoms with Crippen LogP contribution in [0.15, 0.2) is 42.0 Å². The maximum absolute atomic E-state index is 5.53. The maximum atomic E-state index is 5.53. The van der Waals surface area contributed by atoms with Crippen molar-refractivity contribution in [2.45, 2.75) is 57.0 Å². The van der Waals surface area contributed by atoms with Crippen molar-refractivity contribution in [3.63, 3.8) is 0 Å². The predicted octanol–water partition coefficient (Wildman–Crippen LogP) is 3.75. The molecule has 22 heavy (non-hydrogen) atoms. The zero-order valence-corrected chi connectivity index (χ0v) is 13.9. The summed E-state index contributed by atoms with van der Waals surface area (Å²) in [6, 6.07) is 12.0. The molecule has 3 rings (SSSR count). The molecule has 0 amide bonds. The van der Waals surface area contributed by atoms with E-state index in [9.17, 15) is 0 Å². The number of rotatable bonds is 6. The van der Waals surface area contributed by atoms with Gasteiger partial charge in [0.1, 0.15) is 0 Å². The normalized spacial score (nSPS) is 25.3. The van der Waals surface area contributed by atoms with Gasteiger partial charge < -0.3 is 9.47 Å². The second-order valence-corrected chi connectivity index (χ2v) is 6.70. The Morgan fingerprint density at radius 1 is 1.14 bits per heavy atom. The molecule has 2 atom stereocenters. The molecule has 2 aliphatic rings. The van der Waals surface area contributed by atoms with Gasteiger partial charge in [-0.05, 0) is 31.7 Å². The molecule has 0 N–H and O–H groups in total. The summed E-state index contributed by atoms with van der Waals surface area (Å²) in [4.78, 5) is 2.66. The van der Waals surface area contributed by atoms with E-state index < -0.39 is 5.79 Å². The average Bonchev–Trinajstić information content (AvgIpc) is 2.78. The molecule has 3 heteroatoms. The summed E-state index contributed by atoms with van der Waals surface area (Å²) in [6.45, 7) is 3.08. The molecule has 1 aromatic rings. The van der Waals surface area contributed by atoms with Crippen molar-refractivity contribution in [3.05, 3.63) is 47.5 Å². The van der Waals surface area contributed by atoms with Gasteiger partial charge in [-0.2, -0.15) is 0 Å². The minimum Gasteiger partial charge on any atom is -0.353 e. The number of hydrogen-bond acceptors (Lipinski definition) is 3. The van der Waals surface area contributed by atoms with Gasteiger partial charge in [0.15, 0.2) is 5.79 Å². The molecule has 0 aromatic heterocycles.